The lowest BCUT2D eigenvalue weighted by Gasteiger charge is -2.24. The quantitative estimate of drug-likeness (QED) is 0.831. The van der Waals surface area contributed by atoms with E-state index < -0.39 is 0 Å². The van der Waals surface area contributed by atoms with Crippen LogP contribution in [-0.4, -0.2) is 41.7 Å². The fourth-order valence-electron chi connectivity index (χ4n) is 3.18. The first-order chi connectivity index (χ1) is 10.1. The molecule has 2 aliphatic rings. The minimum Gasteiger partial charge on any atom is -0.340 e. The maximum Gasteiger partial charge on any atom is 0.232 e. The van der Waals surface area contributed by atoms with Crippen LogP contribution in [0, 0.1) is 6.92 Å². The van der Waals surface area contributed by atoms with Crippen molar-refractivity contribution in [3.05, 3.63) is 28.2 Å². The number of aryl methyl sites for hydroxylation is 1. The van der Waals surface area contributed by atoms with Gasteiger partial charge in [-0.1, -0.05) is 15.9 Å². The zero-order valence-electron chi connectivity index (χ0n) is 12.3. The second-order valence-electron chi connectivity index (χ2n) is 5.96. The molecule has 3 nitrogen and oxygen atoms in total. The van der Waals surface area contributed by atoms with E-state index in [-0.39, 0.29) is 5.91 Å². The number of likely N-dealkylation sites (tertiary alicyclic amines) is 1. The van der Waals surface area contributed by atoms with Crippen LogP contribution < -0.4 is 5.32 Å². The average molecular weight is 369 g/mol. The van der Waals surface area contributed by atoms with Crippen LogP contribution in [0.5, 0.6) is 0 Å². The van der Waals surface area contributed by atoms with E-state index in [4.69, 9.17) is 0 Å². The molecule has 0 saturated carbocycles. The number of hydrogen-bond acceptors (Lipinski definition) is 3. The SMILES string of the molecule is Cc1cc(Br)ccc1SCC(=O)N1CCC2CCC(C1)N2. The number of nitrogens with one attached hydrogen (secondary N) is 1. The van der Waals surface area contributed by atoms with Gasteiger partial charge in [-0.25, -0.2) is 0 Å². The summed E-state index contributed by atoms with van der Waals surface area (Å²) >= 11 is 5.13. The van der Waals surface area contributed by atoms with E-state index in [9.17, 15) is 4.79 Å². The van der Waals surface area contributed by atoms with Gasteiger partial charge < -0.3 is 10.2 Å². The van der Waals surface area contributed by atoms with Crippen LogP contribution in [-0.2, 0) is 4.79 Å². The molecular formula is C16H21BrN2OS. The highest BCUT2D eigenvalue weighted by Crippen LogP contribution is 2.26. The van der Waals surface area contributed by atoms with Gasteiger partial charge in [0.1, 0.15) is 0 Å². The highest BCUT2D eigenvalue weighted by atomic mass is 79.9. The summed E-state index contributed by atoms with van der Waals surface area (Å²) in [5.41, 5.74) is 1.22. The molecule has 1 N–H and O–H groups in total. The van der Waals surface area contributed by atoms with Crippen LogP contribution in [0.15, 0.2) is 27.6 Å². The minimum atomic E-state index is 0.275. The summed E-state index contributed by atoms with van der Waals surface area (Å²) < 4.78 is 1.09. The first kappa shape index (κ1) is 15.4. The van der Waals surface area contributed by atoms with Crippen molar-refractivity contribution in [3.63, 3.8) is 0 Å². The Morgan fingerprint density at radius 3 is 3.00 bits per heavy atom. The normalized spacial score (nSPS) is 25.0. The van der Waals surface area contributed by atoms with Gasteiger partial charge in [0.05, 0.1) is 5.75 Å². The van der Waals surface area contributed by atoms with Crippen molar-refractivity contribution >= 4 is 33.6 Å². The van der Waals surface area contributed by atoms with Crippen molar-refractivity contribution in [1.29, 1.82) is 0 Å². The highest BCUT2D eigenvalue weighted by molar-refractivity contribution is 9.10. The second-order valence-corrected chi connectivity index (χ2v) is 7.90. The van der Waals surface area contributed by atoms with E-state index >= 15 is 0 Å². The lowest BCUT2D eigenvalue weighted by molar-refractivity contribution is -0.128. The molecule has 21 heavy (non-hydrogen) atoms. The third-order valence-electron chi connectivity index (χ3n) is 4.36. The molecule has 5 heteroatoms. The second kappa shape index (κ2) is 6.71. The molecule has 2 atom stereocenters. The number of rotatable bonds is 3. The predicted octanol–water partition coefficient (Wildman–Crippen LogP) is 3.20. The van der Waals surface area contributed by atoms with Gasteiger partial charge in [0, 0.05) is 34.5 Å². The third-order valence-corrected chi connectivity index (χ3v) is 6.02. The van der Waals surface area contributed by atoms with Gasteiger partial charge in [-0.3, -0.25) is 4.79 Å². The number of nitrogens with zero attached hydrogens (tertiary/aromatic N) is 1. The van der Waals surface area contributed by atoms with Crippen molar-refractivity contribution in [2.75, 3.05) is 18.8 Å². The molecular weight excluding hydrogens is 348 g/mol. The first-order valence-corrected chi connectivity index (χ1v) is 9.32. The molecule has 0 aliphatic carbocycles. The number of carbonyl (C=O) groups excluding carboxylic acids is 1. The number of benzene rings is 1. The molecule has 0 aromatic heterocycles. The van der Waals surface area contributed by atoms with Crippen LogP contribution in [0.4, 0.5) is 0 Å². The third kappa shape index (κ3) is 3.82. The van der Waals surface area contributed by atoms with Gasteiger partial charge in [-0.15, -0.1) is 11.8 Å². The molecule has 1 amide bonds. The van der Waals surface area contributed by atoms with Gasteiger partial charge in [0.15, 0.2) is 0 Å². The van der Waals surface area contributed by atoms with Crippen molar-refractivity contribution in [1.82, 2.24) is 10.2 Å². The summed E-state index contributed by atoms with van der Waals surface area (Å²) in [6, 6.07) is 7.37. The molecule has 2 saturated heterocycles. The molecule has 3 rings (SSSR count). The summed E-state index contributed by atoms with van der Waals surface area (Å²) in [5.74, 6) is 0.816. The fraction of sp³-hybridized carbons (Fsp3) is 0.562. The molecule has 2 aliphatic heterocycles. The van der Waals surface area contributed by atoms with Gasteiger partial charge in [-0.05, 0) is 49.9 Å². The van der Waals surface area contributed by atoms with Crippen molar-refractivity contribution in [2.24, 2.45) is 0 Å². The summed E-state index contributed by atoms with van der Waals surface area (Å²) in [6.07, 6.45) is 3.59. The summed E-state index contributed by atoms with van der Waals surface area (Å²) in [6.45, 7) is 3.88. The highest BCUT2D eigenvalue weighted by Gasteiger charge is 2.30. The average Bonchev–Trinajstić information content (AvgIpc) is 2.77. The van der Waals surface area contributed by atoms with Gasteiger partial charge in [0.25, 0.3) is 0 Å². The molecule has 2 heterocycles. The standard InChI is InChI=1S/C16H21BrN2OS/c1-11-8-12(17)2-5-15(11)21-10-16(20)19-7-6-13-3-4-14(9-19)18-13/h2,5,8,13-14,18H,3-4,6-7,9-10H2,1H3. The van der Waals surface area contributed by atoms with E-state index in [1.54, 1.807) is 11.8 Å². The molecule has 1 aromatic rings. The number of amides is 1. The first-order valence-electron chi connectivity index (χ1n) is 7.54. The van der Waals surface area contributed by atoms with Gasteiger partial charge in [-0.2, -0.15) is 0 Å². The van der Waals surface area contributed by atoms with Crippen LogP contribution in [0.3, 0.4) is 0 Å². The van der Waals surface area contributed by atoms with Crippen LogP contribution in [0.2, 0.25) is 0 Å². The zero-order valence-corrected chi connectivity index (χ0v) is 14.7. The largest absolute Gasteiger partial charge is 0.340 e. The molecule has 2 fully saturated rings. The molecule has 0 spiro atoms. The predicted molar refractivity (Wildman–Crippen MR) is 90.7 cm³/mol. The monoisotopic (exact) mass is 368 g/mol. The topological polar surface area (TPSA) is 32.3 Å². The molecule has 2 bridgehead atoms. The van der Waals surface area contributed by atoms with E-state index in [0.29, 0.717) is 17.8 Å². The Bertz CT molecular complexity index is 537. The maximum atomic E-state index is 12.4. The van der Waals surface area contributed by atoms with Crippen molar-refractivity contribution < 1.29 is 4.79 Å². The van der Waals surface area contributed by atoms with E-state index in [2.05, 4.69) is 45.2 Å². The Kier molecular flexibility index (Phi) is 4.92. The molecule has 0 radical (unpaired) electrons. The van der Waals surface area contributed by atoms with Crippen LogP contribution in [0.1, 0.15) is 24.8 Å². The zero-order chi connectivity index (χ0) is 14.8. The minimum absolute atomic E-state index is 0.275. The van der Waals surface area contributed by atoms with E-state index in [1.807, 2.05) is 6.07 Å². The number of thioether (sulfide) groups is 1. The summed E-state index contributed by atoms with van der Waals surface area (Å²) in [4.78, 5) is 15.7. The number of fused-ring (bicyclic) bond motifs is 2. The summed E-state index contributed by atoms with van der Waals surface area (Å²) in [5, 5.41) is 3.62. The Morgan fingerprint density at radius 1 is 1.38 bits per heavy atom. The molecule has 1 aromatic carbocycles. The maximum absolute atomic E-state index is 12.4. The number of hydrogen-bond donors (Lipinski definition) is 1. The van der Waals surface area contributed by atoms with Crippen molar-refractivity contribution in [3.8, 4) is 0 Å². The lowest BCUT2D eigenvalue weighted by Crippen LogP contribution is -2.39. The Morgan fingerprint density at radius 2 is 2.19 bits per heavy atom. The van der Waals surface area contributed by atoms with Crippen LogP contribution >= 0.6 is 27.7 Å². The Labute approximate surface area is 139 Å². The summed E-state index contributed by atoms with van der Waals surface area (Å²) in [7, 11) is 0. The smallest absolute Gasteiger partial charge is 0.232 e. The Hall–Kier alpha value is -0.520. The lowest BCUT2D eigenvalue weighted by atomic mass is 10.1. The van der Waals surface area contributed by atoms with Crippen molar-refractivity contribution in [2.45, 2.75) is 43.2 Å². The van der Waals surface area contributed by atoms with Gasteiger partial charge >= 0.3 is 0 Å². The van der Waals surface area contributed by atoms with E-state index in [1.165, 1.54) is 23.3 Å². The molecule has 2 unspecified atom stereocenters. The van der Waals surface area contributed by atoms with Crippen LogP contribution in [0.25, 0.3) is 0 Å². The van der Waals surface area contributed by atoms with E-state index in [0.717, 1.165) is 24.0 Å². The number of carbonyl (C=O) groups is 1. The molecule has 114 valence electrons. The van der Waals surface area contributed by atoms with Gasteiger partial charge in [0.2, 0.25) is 5.91 Å². The Balaban J connectivity index is 1.56. The fourth-order valence-corrected chi connectivity index (χ4v) is 4.56. The number of halogens is 1.